The van der Waals surface area contributed by atoms with Crippen LogP contribution < -0.4 is 10.6 Å². The van der Waals surface area contributed by atoms with Gasteiger partial charge >= 0.3 is 0 Å². The molecule has 0 saturated carbocycles. The number of aryl methyl sites for hydroxylation is 1. The maximum Gasteiger partial charge on any atom is 0.224 e. The molecule has 1 amide bonds. The predicted octanol–water partition coefficient (Wildman–Crippen LogP) is 3.28. The summed E-state index contributed by atoms with van der Waals surface area (Å²) in [5, 5.41) is 6.02. The van der Waals surface area contributed by atoms with Crippen LogP contribution in [0.2, 0.25) is 0 Å². The quantitative estimate of drug-likeness (QED) is 0.861. The fourth-order valence-corrected chi connectivity index (χ4v) is 2.39. The van der Waals surface area contributed by atoms with E-state index in [0.29, 0.717) is 6.42 Å². The lowest BCUT2D eigenvalue weighted by atomic mass is 9.97. The molecule has 1 heterocycles. The van der Waals surface area contributed by atoms with Gasteiger partial charge in [-0.25, -0.2) is 0 Å². The molecule has 3 heteroatoms. The van der Waals surface area contributed by atoms with Crippen molar-refractivity contribution >= 4 is 17.3 Å². The number of anilines is 2. The van der Waals surface area contributed by atoms with Crippen molar-refractivity contribution in [2.45, 2.75) is 12.8 Å². The van der Waals surface area contributed by atoms with Crippen LogP contribution in [-0.2, 0) is 11.2 Å². The molecule has 0 atom stereocenters. The van der Waals surface area contributed by atoms with Crippen LogP contribution in [-0.4, -0.2) is 13.0 Å². The summed E-state index contributed by atoms with van der Waals surface area (Å²) in [6, 6.07) is 14.6. The van der Waals surface area contributed by atoms with Crippen molar-refractivity contribution < 1.29 is 4.79 Å². The number of hydrogen-bond acceptors (Lipinski definition) is 2. The van der Waals surface area contributed by atoms with E-state index in [1.54, 1.807) is 0 Å². The minimum Gasteiger partial charge on any atom is -0.388 e. The molecule has 0 unspecified atom stereocenters. The van der Waals surface area contributed by atoms with Gasteiger partial charge in [-0.2, -0.15) is 0 Å². The van der Waals surface area contributed by atoms with E-state index in [9.17, 15) is 4.79 Å². The highest BCUT2D eigenvalue weighted by Crippen LogP contribution is 2.29. The molecule has 0 bridgehead atoms. The number of hydrogen-bond donors (Lipinski definition) is 2. The van der Waals surface area contributed by atoms with Crippen LogP contribution in [0, 0.1) is 0 Å². The zero-order valence-electron chi connectivity index (χ0n) is 10.9. The number of amides is 1. The van der Waals surface area contributed by atoms with Crippen molar-refractivity contribution in [3.05, 3.63) is 48.0 Å². The van der Waals surface area contributed by atoms with Gasteiger partial charge in [0.2, 0.25) is 5.91 Å². The number of nitrogens with one attached hydrogen (secondary N) is 2. The van der Waals surface area contributed by atoms with Crippen LogP contribution in [0.3, 0.4) is 0 Å². The highest BCUT2D eigenvalue weighted by Gasteiger charge is 2.14. The van der Waals surface area contributed by atoms with Crippen molar-refractivity contribution in [2.75, 3.05) is 17.7 Å². The molecular weight excluding hydrogens is 236 g/mol. The molecule has 0 fully saturated rings. The molecule has 2 aromatic carbocycles. The zero-order valence-corrected chi connectivity index (χ0v) is 10.9. The van der Waals surface area contributed by atoms with Crippen molar-refractivity contribution in [2.24, 2.45) is 0 Å². The molecule has 1 aliphatic rings. The first-order valence-electron chi connectivity index (χ1n) is 6.47. The second-order valence-corrected chi connectivity index (χ2v) is 4.75. The fraction of sp³-hybridized carbons (Fsp3) is 0.188. The first-order chi connectivity index (χ1) is 9.26. The molecular formula is C16H16N2O. The van der Waals surface area contributed by atoms with E-state index in [-0.39, 0.29) is 5.91 Å². The van der Waals surface area contributed by atoms with Crippen LogP contribution in [0.4, 0.5) is 11.4 Å². The molecule has 19 heavy (non-hydrogen) atoms. The zero-order chi connectivity index (χ0) is 13.2. The molecule has 96 valence electrons. The average molecular weight is 252 g/mol. The minimum atomic E-state index is 0.110. The Labute approximate surface area is 112 Å². The van der Waals surface area contributed by atoms with E-state index >= 15 is 0 Å². The third-order valence-corrected chi connectivity index (χ3v) is 3.51. The molecule has 3 rings (SSSR count). The molecule has 0 spiro atoms. The summed E-state index contributed by atoms with van der Waals surface area (Å²) in [5.41, 5.74) is 5.66. The van der Waals surface area contributed by atoms with E-state index in [4.69, 9.17) is 0 Å². The van der Waals surface area contributed by atoms with Crippen LogP contribution in [0.15, 0.2) is 42.5 Å². The molecule has 0 aromatic heterocycles. The van der Waals surface area contributed by atoms with Crippen LogP contribution in [0.1, 0.15) is 12.0 Å². The lowest BCUT2D eigenvalue weighted by molar-refractivity contribution is -0.116. The van der Waals surface area contributed by atoms with Crippen LogP contribution in [0.25, 0.3) is 11.1 Å². The first-order valence-corrected chi connectivity index (χ1v) is 6.47. The van der Waals surface area contributed by atoms with E-state index < -0.39 is 0 Å². The van der Waals surface area contributed by atoms with E-state index in [2.05, 4.69) is 47.0 Å². The molecule has 0 aliphatic carbocycles. The van der Waals surface area contributed by atoms with Crippen molar-refractivity contribution in [1.29, 1.82) is 0 Å². The lowest BCUT2D eigenvalue weighted by Crippen LogP contribution is -2.18. The lowest BCUT2D eigenvalue weighted by Gasteiger charge is -2.17. The Kier molecular flexibility index (Phi) is 2.95. The summed E-state index contributed by atoms with van der Waals surface area (Å²) >= 11 is 0. The predicted molar refractivity (Wildman–Crippen MR) is 78.4 cm³/mol. The second-order valence-electron chi connectivity index (χ2n) is 4.75. The van der Waals surface area contributed by atoms with Gasteiger partial charge in [0.1, 0.15) is 0 Å². The van der Waals surface area contributed by atoms with Crippen LogP contribution in [0.5, 0.6) is 0 Å². The monoisotopic (exact) mass is 252 g/mol. The Morgan fingerprint density at radius 1 is 1.00 bits per heavy atom. The Balaban J connectivity index is 1.95. The summed E-state index contributed by atoms with van der Waals surface area (Å²) in [4.78, 5) is 11.3. The Morgan fingerprint density at radius 2 is 1.74 bits per heavy atom. The molecule has 0 saturated heterocycles. The topological polar surface area (TPSA) is 41.1 Å². The Morgan fingerprint density at radius 3 is 2.47 bits per heavy atom. The fourth-order valence-electron chi connectivity index (χ4n) is 2.39. The minimum absolute atomic E-state index is 0.110. The third-order valence-electron chi connectivity index (χ3n) is 3.51. The smallest absolute Gasteiger partial charge is 0.224 e. The Hall–Kier alpha value is -2.29. The first kappa shape index (κ1) is 11.8. The van der Waals surface area contributed by atoms with E-state index in [1.807, 2.05) is 13.1 Å². The molecule has 0 radical (unpaired) electrons. The normalized spacial score (nSPS) is 13.6. The number of carbonyl (C=O) groups excluding carboxylic acids is 1. The molecule has 2 N–H and O–H groups in total. The number of benzene rings is 2. The van der Waals surface area contributed by atoms with Crippen molar-refractivity contribution in [3.63, 3.8) is 0 Å². The molecule has 1 aliphatic heterocycles. The van der Waals surface area contributed by atoms with Gasteiger partial charge in [-0.3, -0.25) is 4.79 Å². The number of rotatable bonds is 2. The summed E-state index contributed by atoms with van der Waals surface area (Å²) in [7, 11) is 1.91. The van der Waals surface area contributed by atoms with Gasteiger partial charge in [-0.15, -0.1) is 0 Å². The standard InChI is InChI=1S/C16H16N2O/c1-17-14-6-2-11(3-7-14)12-4-8-15-13(10-12)5-9-16(19)18-15/h2-4,6-8,10,17H,5,9H2,1H3,(H,18,19). The number of carbonyl (C=O) groups is 1. The summed E-state index contributed by atoms with van der Waals surface area (Å²) < 4.78 is 0. The average Bonchev–Trinajstić information content (AvgIpc) is 2.47. The highest BCUT2D eigenvalue weighted by atomic mass is 16.1. The molecule has 2 aromatic rings. The van der Waals surface area contributed by atoms with Gasteiger partial charge in [-0.05, 0) is 47.4 Å². The van der Waals surface area contributed by atoms with Crippen molar-refractivity contribution in [3.8, 4) is 11.1 Å². The maximum absolute atomic E-state index is 11.3. The van der Waals surface area contributed by atoms with Gasteiger partial charge in [0, 0.05) is 24.8 Å². The van der Waals surface area contributed by atoms with Gasteiger partial charge < -0.3 is 10.6 Å². The van der Waals surface area contributed by atoms with E-state index in [1.165, 1.54) is 16.7 Å². The van der Waals surface area contributed by atoms with Gasteiger partial charge in [0.05, 0.1) is 0 Å². The van der Waals surface area contributed by atoms with Crippen molar-refractivity contribution in [1.82, 2.24) is 0 Å². The third kappa shape index (κ3) is 2.32. The summed E-state index contributed by atoms with van der Waals surface area (Å²) in [6.07, 6.45) is 1.40. The van der Waals surface area contributed by atoms with Gasteiger partial charge in [0.25, 0.3) is 0 Å². The summed E-state index contributed by atoms with van der Waals surface area (Å²) in [6.45, 7) is 0. The maximum atomic E-state index is 11.3. The number of fused-ring (bicyclic) bond motifs is 1. The largest absolute Gasteiger partial charge is 0.388 e. The van der Waals surface area contributed by atoms with Gasteiger partial charge in [-0.1, -0.05) is 18.2 Å². The Bertz CT molecular complexity index is 617. The summed E-state index contributed by atoms with van der Waals surface area (Å²) in [5.74, 6) is 0.110. The van der Waals surface area contributed by atoms with Crippen LogP contribution >= 0.6 is 0 Å². The van der Waals surface area contributed by atoms with E-state index in [0.717, 1.165) is 17.8 Å². The van der Waals surface area contributed by atoms with Gasteiger partial charge in [0.15, 0.2) is 0 Å². The second kappa shape index (κ2) is 4.76. The molecule has 3 nitrogen and oxygen atoms in total. The SMILES string of the molecule is CNc1ccc(-c2ccc3c(c2)CCC(=O)N3)cc1. The highest BCUT2D eigenvalue weighted by molar-refractivity contribution is 5.94.